The molecule has 15 heavy (non-hydrogen) atoms. The van der Waals surface area contributed by atoms with Crippen LogP contribution in [0.3, 0.4) is 0 Å². The molecule has 2 aromatic rings. The van der Waals surface area contributed by atoms with E-state index in [-0.39, 0.29) is 5.75 Å². The molecule has 0 fully saturated rings. The van der Waals surface area contributed by atoms with Crippen molar-refractivity contribution in [3.05, 3.63) is 48.0 Å². The van der Waals surface area contributed by atoms with E-state index in [0.29, 0.717) is 11.8 Å². The van der Waals surface area contributed by atoms with E-state index in [4.69, 9.17) is 0 Å². The maximum absolute atomic E-state index is 10.3. The molecule has 2 nitrogen and oxygen atoms in total. The average molecular weight is 198 g/mol. The first-order valence-electron chi connectivity index (χ1n) is 4.65. The molecule has 0 unspecified atom stereocenters. The molecular formula is C13H10O2. The normalized spacial score (nSPS) is 10.9. The number of benzene rings is 2. The van der Waals surface area contributed by atoms with Crippen LogP contribution in [0.2, 0.25) is 0 Å². The zero-order chi connectivity index (χ0) is 10.7. The molecule has 74 valence electrons. The Morgan fingerprint density at radius 2 is 1.87 bits per heavy atom. The highest BCUT2D eigenvalue weighted by Gasteiger charge is 2.02. The summed E-state index contributed by atoms with van der Waals surface area (Å²) >= 11 is 0. The maximum atomic E-state index is 10.3. The van der Waals surface area contributed by atoms with Crippen molar-refractivity contribution >= 4 is 23.1 Å². The monoisotopic (exact) mass is 198 g/mol. The molecule has 0 aliphatic rings. The van der Waals surface area contributed by atoms with Crippen LogP contribution in [0, 0.1) is 0 Å². The molecule has 0 spiro atoms. The van der Waals surface area contributed by atoms with E-state index in [9.17, 15) is 9.90 Å². The maximum Gasteiger partial charge on any atom is 0.142 e. The Bertz CT molecular complexity index is 527. The molecule has 2 rings (SSSR count). The molecule has 2 heteroatoms. The van der Waals surface area contributed by atoms with Crippen LogP contribution in [0.5, 0.6) is 5.75 Å². The van der Waals surface area contributed by atoms with Crippen molar-refractivity contribution in [1.82, 2.24) is 0 Å². The second kappa shape index (κ2) is 3.96. The standard InChI is InChI=1S/C13H10O2/c14-9-3-6-12-11-5-2-1-4-10(11)7-8-13(12)15/h1-9,15H/b6-3+. The molecule has 0 bridgehead atoms. The largest absolute Gasteiger partial charge is 0.507 e. The number of allylic oxidation sites excluding steroid dienone is 1. The van der Waals surface area contributed by atoms with Gasteiger partial charge in [0, 0.05) is 5.56 Å². The van der Waals surface area contributed by atoms with E-state index in [1.54, 1.807) is 12.1 Å². The van der Waals surface area contributed by atoms with E-state index >= 15 is 0 Å². The average Bonchev–Trinajstić information content (AvgIpc) is 2.28. The smallest absolute Gasteiger partial charge is 0.142 e. The zero-order valence-electron chi connectivity index (χ0n) is 8.05. The van der Waals surface area contributed by atoms with Crippen molar-refractivity contribution in [2.75, 3.05) is 0 Å². The number of phenols is 1. The molecule has 0 aromatic heterocycles. The van der Waals surface area contributed by atoms with Crippen LogP contribution in [0.25, 0.3) is 16.8 Å². The third-order valence-corrected chi connectivity index (χ3v) is 2.29. The number of phenolic OH excluding ortho intramolecular Hbond substituents is 1. The highest BCUT2D eigenvalue weighted by atomic mass is 16.3. The van der Waals surface area contributed by atoms with Gasteiger partial charge in [0.25, 0.3) is 0 Å². The van der Waals surface area contributed by atoms with Crippen molar-refractivity contribution in [1.29, 1.82) is 0 Å². The van der Waals surface area contributed by atoms with E-state index in [0.717, 1.165) is 10.8 Å². The van der Waals surface area contributed by atoms with Gasteiger partial charge in [-0.3, -0.25) is 4.79 Å². The van der Waals surface area contributed by atoms with Gasteiger partial charge >= 0.3 is 0 Å². The van der Waals surface area contributed by atoms with Gasteiger partial charge in [-0.1, -0.05) is 30.3 Å². The number of aromatic hydroxyl groups is 1. The highest BCUT2D eigenvalue weighted by Crippen LogP contribution is 2.27. The lowest BCUT2D eigenvalue weighted by Gasteiger charge is -2.04. The van der Waals surface area contributed by atoms with Gasteiger partial charge in [0.1, 0.15) is 12.0 Å². The first-order chi connectivity index (χ1) is 7.33. The second-order valence-corrected chi connectivity index (χ2v) is 3.21. The minimum Gasteiger partial charge on any atom is -0.507 e. The van der Waals surface area contributed by atoms with E-state index in [1.807, 2.05) is 30.3 Å². The van der Waals surface area contributed by atoms with Gasteiger partial charge in [-0.2, -0.15) is 0 Å². The fraction of sp³-hybridized carbons (Fsp3) is 0. The Morgan fingerprint density at radius 1 is 1.07 bits per heavy atom. The van der Waals surface area contributed by atoms with Gasteiger partial charge in [0.05, 0.1) is 0 Å². The summed E-state index contributed by atoms with van der Waals surface area (Å²) in [5.41, 5.74) is 0.681. The predicted molar refractivity (Wildman–Crippen MR) is 60.7 cm³/mol. The quantitative estimate of drug-likeness (QED) is 0.595. The molecule has 0 radical (unpaired) electrons. The number of carbonyl (C=O) groups excluding carboxylic acids is 1. The summed E-state index contributed by atoms with van der Waals surface area (Å²) in [5, 5.41) is 11.7. The van der Waals surface area contributed by atoms with Crippen LogP contribution < -0.4 is 0 Å². The Hall–Kier alpha value is -2.09. The van der Waals surface area contributed by atoms with Crippen molar-refractivity contribution in [2.45, 2.75) is 0 Å². The highest BCUT2D eigenvalue weighted by molar-refractivity contribution is 5.94. The summed E-state index contributed by atoms with van der Waals surface area (Å²) in [6.07, 6.45) is 3.69. The third kappa shape index (κ3) is 1.74. The minimum absolute atomic E-state index is 0.187. The first-order valence-corrected chi connectivity index (χ1v) is 4.65. The van der Waals surface area contributed by atoms with Gasteiger partial charge in [0.2, 0.25) is 0 Å². The van der Waals surface area contributed by atoms with E-state index < -0.39 is 0 Å². The lowest BCUT2D eigenvalue weighted by Crippen LogP contribution is -1.79. The molecule has 0 saturated carbocycles. The molecule has 0 aliphatic carbocycles. The second-order valence-electron chi connectivity index (χ2n) is 3.21. The van der Waals surface area contributed by atoms with Gasteiger partial charge in [-0.15, -0.1) is 0 Å². The Kier molecular flexibility index (Phi) is 2.50. The fourth-order valence-corrected chi connectivity index (χ4v) is 1.59. The van der Waals surface area contributed by atoms with Crippen LogP contribution in [-0.2, 0) is 4.79 Å². The Morgan fingerprint density at radius 3 is 2.67 bits per heavy atom. The molecule has 0 amide bonds. The van der Waals surface area contributed by atoms with E-state index in [1.165, 1.54) is 6.08 Å². The van der Waals surface area contributed by atoms with Crippen molar-refractivity contribution in [3.63, 3.8) is 0 Å². The number of rotatable bonds is 2. The van der Waals surface area contributed by atoms with Crippen LogP contribution in [0.1, 0.15) is 5.56 Å². The summed E-state index contributed by atoms with van der Waals surface area (Å²) < 4.78 is 0. The number of hydrogen-bond donors (Lipinski definition) is 1. The molecular weight excluding hydrogens is 188 g/mol. The van der Waals surface area contributed by atoms with Crippen LogP contribution in [0.4, 0.5) is 0 Å². The van der Waals surface area contributed by atoms with Gasteiger partial charge < -0.3 is 5.11 Å². The molecule has 0 atom stereocenters. The Labute approximate surface area is 87.5 Å². The van der Waals surface area contributed by atoms with Gasteiger partial charge in [-0.05, 0) is 29.0 Å². The van der Waals surface area contributed by atoms with Crippen LogP contribution in [0.15, 0.2) is 42.5 Å². The molecule has 0 heterocycles. The minimum atomic E-state index is 0.187. The lowest BCUT2D eigenvalue weighted by atomic mass is 10.0. The summed E-state index contributed by atoms with van der Waals surface area (Å²) in [6, 6.07) is 11.2. The SMILES string of the molecule is O=C/C=C/c1c(O)ccc2ccccc12. The summed E-state index contributed by atoms with van der Waals surface area (Å²) in [7, 11) is 0. The molecule has 1 N–H and O–H groups in total. The van der Waals surface area contributed by atoms with Crippen LogP contribution >= 0.6 is 0 Å². The third-order valence-electron chi connectivity index (χ3n) is 2.29. The summed E-state index contributed by atoms with van der Waals surface area (Å²) in [5.74, 6) is 0.187. The van der Waals surface area contributed by atoms with E-state index in [2.05, 4.69) is 0 Å². The van der Waals surface area contributed by atoms with Gasteiger partial charge in [0.15, 0.2) is 0 Å². The Balaban J connectivity index is 2.73. The topological polar surface area (TPSA) is 37.3 Å². The fourth-order valence-electron chi connectivity index (χ4n) is 1.59. The number of aldehydes is 1. The number of hydrogen-bond acceptors (Lipinski definition) is 2. The van der Waals surface area contributed by atoms with Crippen molar-refractivity contribution in [3.8, 4) is 5.75 Å². The predicted octanol–water partition coefficient (Wildman–Crippen LogP) is 2.76. The van der Waals surface area contributed by atoms with Gasteiger partial charge in [-0.25, -0.2) is 0 Å². The van der Waals surface area contributed by atoms with Crippen LogP contribution in [-0.4, -0.2) is 11.4 Å². The summed E-state index contributed by atoms with van der Waals surface area (Å²) in [6.45, 7) is 0. The zero-order valence-corrected chi connectivity index (χ0v) is 8.05. The van der Waals surface area contributed by atoms with Crippen molar-refractivity contribution < 1.29 is 9.90 Å². The molecule has 2 aromatic carbocycles. The first kappa shape index (κ1) is 9.46. The molecule has 0 aliphatic heterocycles. The number of carbonyl (C=O) groups is 1. The van der Waals surface area contributed by atoms with Crippen molar-refractivity contribution in [2.24, 2.45) is 0 Å². The lowest BCUT2D eigenvalue weighted by molar-refractivity contribution is -0.104. The molecule has 0 saturated heterocycles. The summed E-state index contributed by atoms with van der Waals surface area (Å²) in [4.78, 5) is 10.3. The number of fused-ring (bicyclic) bond motifs is 1.